The second-order valence-corrected chi connectivity index (χ2v) is 9.95. The van der Waals surface area contributed by atoms with E-state index in [0.717, 1.165) is 21.8 Å². The van der Waals surface area contributed by atoms with E-state index >= 15 is 0 Å². The van der Waals surface area contributed by atoms with Crippen LogP contribution in [0.2, 0.25) is 10.0 Å². The quantitative estimate of drug-likeness (QED) is 0.173. The smallest absolute Gasteiger partial charge is 0.350 e. The Labute approximate surface area is 227 Å². The van der Waals surface area contributed by atoms with Gasteiger partial charge in [-0.3, -0.25) is 14.5 Å². The molecular formula is C26H22Cl2N2O6S. The summed E-state index contributed by atoms with van der Waals surface area (Å²) in [5, 5.41) is 11.9. The number of esters is 1. The van der Waals surface area contributed by atoms with Crippen LogP contribution >= 0.6 is 34.5 Å². The lowest BCUT2D eigenvalue weighted by atomic mass is 9.95. The Morgan fingerprint density at radius 2 is 1.86 bits per heavy atom. The van der Waals surface area contributed by atoms with Gasteiger partial charge in [0.15, 0.2) is 5.13 Å². The number of aryl methyl sites for hydroxylation is 2. The van der Waals surface area contributed by atoms with Crippen LogP contribution in [-0.4, -0.2) is 41.5 Å². The van der Waals surface area contributed by atoms with Gasteiger partial charge in [-0.15, -0.1) is 0 Å². The molecule has 1 aliphatic heterocycles. The Bertz CT molecular complexity index is 1470. The summed E-state index contributed by atoms with van der Waals surface area (Å²) < 4.78 is 10.4. The highest BCUT2D eigenvalue weighted by Gasteiger charge is 2.48. The number of aliphatic hydroxyl groups excluding tert-OH is 1. The summed E-state index contributed by atoms with van der Waals surface area (Å²) in [5.41, 5.74) is 1.66. The number of halogens is 2. The van der Waals surface area contributed by atoms with Gasteiger partial charge in [0.1, 0.15) is 16.4 Å². The van der Waals surface area contributed by atoms with E-state index in [1.807, 2.05) is 0 Å². The first-order chi connectivity index (χ1) is 17.6. The Morgan fingerprint density at radius 1 is 1.14 bits per heavy atom. The number of carbonyl (C=O) groups is 3. The molecule has 0 bridgehead atoms. The molecule has 1 atom stereocenters. The summed E-state index contributed by atoms with van der Waals surface area (Å²) in [6.45, 7) is 5.25. The van der Waals surface area contributed by atoms with Gasteiger partial charge in [-0.05, 0) is 62.2 Å². The minimum atomic E-state index is -1.09. The van der Waals surface area contributed by atoms with Crippen LogP contribution < -0.4 is 9.64 Å². The van der Waals surface area contributed by atoms with Crippen molar-refractivity contribution >= 4 is 63.1 Å². The Hall–Kier alpha value is -3.40. The topological polar surface area (TPSA) is 106 Å². The van der Waals surface area contributed by atoms with E-state index in [0.29, 0.717) is 22.6 Å². The van der Waals surface area contributed by atoms with Crippen molar-refractivity contribution in [3.8, 4) is 5.75 Å². The summed E-state index contributed by atoms with van der Waals surface area (Å²) in [6.07, 6.45) is 0. The third-order valence-corrected chi connectivity index (χ3v) is 7.70. The number of nitrogens with zero attached hydrogens (tertiary/aromatic N) is 2. The van der Waals surface area contributed by atoms with Crippen LogP contribution in [0.5, 0.6) is 5.75 Å². The fourth-order valence-corrected chi connectivity index (χ4v) is 5.37. The van der Waals surface area contributed by atoms with Gasteiger partial charge in [-0.25, -0.2) is 9.78 Å². The van der Waals surface area contributed by atoms with E-state index in [-0.39, 0.29) is 38.0 Å². The molecule has 1 aromatic heterocycles. The molecule has 37 heavy (non-hydrogen) atoms. The van der Waals surface area contributed by atoms with Crippen molar-refractivity contribution in [3.05, 3.63) is 79.3 Å². The number of aliphatic hydroxyl groups is 1. The molecule has 1 N–H and O–H groups in total. The van der Waals surface area contributed by atoms with Crippen molar-refractivity contribution in [2.24, 2.45) is 0 Å². The van der Waals surface area contributed by atoms with Crippen molar-refractivity contribution < 1.29 is 29.0 Å². The number of hydrogen-bond donors (Lipinski definition) is 1. The van der Waals surface area contributed by atoms with Crippen LogP contribution in [0, 0.1) is 13.8 Å². The third kappa shape index (κ3) is 4.82. The molecule has 11 heteroatoms. The van der Waals surface area contributed by atoms with Crippen molar-refractivity contribution in [3.63, 3.8) is 0 Å². The largest absolute Gasteiger partial charge is 0.507 e. The summed E-state index contributed by atoms with van der Waals surface area (Å²) in [4.78, 5) is 44.9. The van der Waals surface area contributed by atoms with E-state index in [9.17, 15) is 19.5 Å². The van der Waals surface area contributed by atoms with Crippen molar-refractivity contribution in [1.82, 2.24) is 4.98 Å². The number of ether oxygens (including phenoxy) is 2. The van der Waals surface area contributed by atoms with Crippen LogP contribution in [0.4, 0.5) is 5.13 Å². The molecule has 4 rings (SSSR count). The zero-order valence-electron chi connectivity index (χ0n) is 20.3. The van der Waals surface area contributed by atoms with E-state index in [4.69, 9.17) is 32.7 Å². The van der Waals surface area contributed by atoms with E-state index in [2.05, 4.69) is 4.98 Å². The summed E-state index contributed by atoms with van der Waals surface area (Å²) in [5.74, 6) is -2.18. The van der Waals surface area contributed by atoms with Gasteiger partial charge < -0.3 is 14.6 Å². The number of rotatable bonds is 6. The fourth-order valence-electron chi connectivity index (χ4n) is 4.08. The standard InChI is InChI=1S/C26H22Cl2N2O6S/c1-5-36-25(34)23-13(3)29-26(37-23)30-20(14-6-8-16(27)17(28)11-14)19(22(32)24(30)33)21(31)15-7-9-18(35-4)12(2)10-15/h6-11,20,31H,5H2,1-4H3. The van der Waals surface area contributed by atoms with Crippen LogP contribution in [0.15, 0.2) is 42.0 Å². The van der Waals surface area contributed by atoms with Crippen LogP contribution in [-0.2, 0) is 14.3 Å². The molecule has 2 aromatic carbocycles. The first-order valence-corrected chi connectivity index (χ1v) is 12.7. The maximum atomic E-state index is 13.4. The number of Topliss-reactive ketones (excluding diaryl/α,β-unsaturated/α-hetero) is 1. The normalized spacial score (nSPS) is 16.8. The second-order valence-electron chi connectivity index (χ2n) is 8.16. The molecule has 1 aliphatic rings. The number of amides is 1. The number of thiazole rings is 1. The highest BCUT2D eigenvalue weighted by atomic mass is 35.5. The van der Waals surface area contributed by atoms with Gasteiger partial charge in [0.25, 0.3) is 5.78 Å². The summed E-state index contributed by atoms with van der Waals surface area (Å²) in [7, 11) is 1.53. The SMILES string of the molecule is CCOC(=O)c1sc(N2C(=O)C(=O)C(=C(O)c3ccc(OC)c(C)c3)C2c2ccc(Cl)c(Cl)c2)nc1C. The van der Waals surface area contributed by atoms with Gasteiger partial charge in [0, 0.05) is 5.56 Å². The van der Waals surface area contributed by atoms with E-state index in [1.54, 1.807) is 45.0 Å². The average Bonchev–Trinajstić information content (AvgIpc) is 3.37. The van der Waals surface area contributed by atoms with Gasteiger partial charge in [-0.2, -0.15) is 0 Å². The third-order valence-electron chi connectivity index (χ3n) is 5.82. The number of carbonyl (C=O) groups excluding carboxylic acids is 3. The number of anilines is 1. The molecule has 2 heterocycles. The Kier molecular flexibility index (Phi) is 7.59. The molecule has 3 aromatic rings. The maximum Gasteiger partial charge on any atom is 0.350 e. The molecular weight excluding hydrogens is 539 g/mol. The molecule has 1 fully saturated rings. The Morgan fingerprint density at radius 3 is 2.49 bits per heavy atom. The highest BCUT2D eigenvalue weighted by Crippen LogP contribution is 2.45. The molecule has 1 saturated heterocycles. The molecule has 192 valence electrons. The minimum absolute atomic E-state index is 0.101. The van der Waals surface area contributed by atoms with Crippen molar-refractivity contribution in [1.29, 1.82) is 0 Å². The minimum Gasteiger partial charge on any atom is -0.507 e. The summed E-state index contributed by atoms with van der Waals surface area (Å²) in [6, 6.07) is 8.48. The zero-order chi connectivity index (χ0) is 27.0. The molecule has 0 saturated carbocycles. The van der Waals surface area contributed by atoms with E-state index < -0.39 is 23.7 Å². The molecule has 0 aliphatic carbocycles. The van der Waals surface area contributed by atoms with Crippen LogP contribution in [0.3, 0.4) is 0 Å². The molecule has 1 amide bonds. The lowest BCUT2D eigenvalue weighted by Gasteiger charge is -2.23. The van der Waals surface area contributed by atoms with Crippen LogP contribution in [0.25, 0.3) is 5.76 Å². The van der Waals surface area contributed by atoms with Crippen LogP contribution in [0.1, 0.15) is 45.0 Å². The maximum absolute atomic E-state index is 13.4. The second kappa shape index (κ2) is 10.5. The van der Waals surface area contributed by atoms with Crippen molar-refractivity contribution in [2.75, 3.05) is 18.6 Å². The summed E-state index contributed by atoms with van der Waals surface area (Å²) >= 11 is 13.3. The first kappa shape index (κ1) is 26.7. The van der Waals surface area contributed by atoms with Gasteiger partial charge in [-0.1, -0.05) is 40.6 Å². The van der Waals surface area contributed by atoms with Gasteiger partial charge in [0.2, 0.25) is 0 Å². The number of aromatic nitrogens is 1. The fraction of sp³-hybridized carbons (Fsp3) is 0.231. The predicted octanol–water partition coefficient (Wildman–Crippen LogP) is 5.88. The van der Waals surface area contributed by atoms with Gasteiger partial charge >= 0.3 is 11.9 Å². The monoisotopic (exact) mass is 560 g/mol. The molecule has 0 spiro atoms. The van der Waals surface area contributed by atoms with Crippen molar-refractivity contribution in [2.45, 2.75) is 26.8 Å². The van der Waals surface area contributed by atoms with Gasteiger partial charge in [0.05, 0.1) is 41.1 Å². The lowest BCUT2D eigenvalue weighted by Crippen LogP contribution is -2.29. The van der Waals surface area contributed by atoms with E-state index in [1.165, 1.54) is 19.2 Å². The number of hydrogen-bond acceptors (Lipinski definition) is 8. The number of methoxy groups -OCH3 is 1. The number of ketones is 1. The Balaban J connectivity index is 1.93. The zero-order valence-corrected chi connectivity index (χ0v) is 22.6. The molecule has 8 nitrogen and oxygen atoms in total. The highest BCUT2D eigenvalue weighted by molar-refractivity contribution is 7.17. The number of benzene rings is 2. The lowest BCUT2D eigenvalue weighted by molar-refractivity contribution is -0.132. The average molecular weight is 561 g/mol. The molecule has 0 radical (unpaired) electrons. The predicted molar refractivity (Wildman–Crippen MR) is 142 cm³/mol. The molecule has 1 unspecified atom stereocenters. The first-order valence-electron chi connectivity index (χ1n) is 11.1.